The maximum Gasteiger partial charge on any atom is 0.0616 e. The maximum atomic E-state index is 6.04. The molecule has 0 spiro atoms. The van der Waals surface area contributed by atoms with Gasteiger partial charge in [-0.15, -0.1) is 0 Å². The highest BCUT2D eigenvalue weighted by molar-refractivity contribution is 6.30. The first-order chi connectivity index (χ1) is 8.74. The van der Waals surface area contributed by atoms with Crippen LogP contribution in [-0.2, 0) is 11.2 Å². The number of benzene rings is 1. The van der Waals surface area contributed by atoms with E-state index < -0.39 is 0 Å². The fourth-order valence-electron chi connectivity index (χ4n) is 2.93. The van der Waals surface area contributed by atoms with Crippen LogP contribution in [0.15, 0.2) is 24.3 Å². The van der Waals surface area contributed by atoms with Crippen LogP contribution in [0.4, 0.5) is 0 Å². The van der Waals surface area contributed by atoms with E-state index in [-0.39, 0.29) is 0 Å². The predicted octanol–water partition coefficient (Wildman–Crippen LogP) is 3.29. The number of hydrogen-bond acceptors (Lipinski definition) is 2. The molecule has 0 aliphatic carbocycles. The summed E-state index contributed by atoms with van der Waals surface area (Å²) >= 11 is 6.04. The largest absolute Gasteiger partial charge is 0.378 e. The van der Waals surface area contributed by atoms with E-state index in [9.17, 15) is 0 Å². The monoisotopic (exact) mass is 267 g/mol. The van der Waals surface area contributed by atoms with Crippen LogP contribution in [-0.4, -0.2) is 25.8 Å². The SMILES string of the molecule is CCC1OCCC1C(Cc1cccc(Cl)c1)NC. The topological polar surface area (TPSA) is 21.3 Å². The van der Waals surface area contributed by atoms with E-state index in [0.717, 1.165) is 30.9 Å². The van der Waals surface area contributed by atoms with Crippen molar-refractivity contribution < 1.29 is 4.74 Å². The molecule has 1 aliphatic heterocycles. The molecule has 1 aliphatic rings. The van der Waals surface area contributed by atoms with Crippen molar-refractivity contribution in [2.75, 3.05) is 13.7 Å². The minimum absolute atomic E-state index is 0.404. The fourth-order valence-corrected chi connectivity index (χ4v) is 3.14. The summed E-state index contributed by atoms with van der Waals surface area (Å²) in [6.07, 6.45) is 3.67. The van der Waals surface area contributed by atoms with Crippen molar-refractivity contribution in [1.82, 2.24) is 5.32 Å². The lowest BCUT2D eigenvalue weighted by atomic mass is 9.87. The van der Waals surface area contributed by atoms with Crippen LogP contribution < -0.4 is 5.32 Å². The van der Waals surface area contributed by atoms with Crippen molar-refractivity contribution in [1.29, 1.82) is 0 Å². The first-order valence-electron chi connectivity index (χ1n) is 6.78. The van der Waals surface area contributed by atoms with Gasteiger partial charge in [0.1, 0.15) is 0 Å². The van der Waals surface area contributed by atoms with E-state index >= 15 is 0 Å². The molecule has 0 aromatic heterocycles. The summed E-state index contributed by atoms with van der Waals surface area (Å²) < 4.78 is 5.79. The van der Waals surface area contributed by atoms with E-state index in [0.29, 0.717) is 18.1 Å². The van der Waals surface area contributed by atoms with Gasteiger partial charge in [-0.05, 0) is 44.0 Å². The number of ether oxygens (including phenoxy) is 1. The van der Waals surface area contributed by atoms with E-state index in [1.165, 1.54) is 5.56 Å². The Kier molecular flexibility index (Phi) is 5.04. The molecular formula is C15H22ClNO. The lowest BCUT2D eigenvalue weighted by molar-refractivity contribution is 0.0783. The normalized spacial score (nSPS) is 25.3. The lowest BCUT2D eigenvalue weighted by Gasteiger charge is -2.27. The second-order valence-electron chi connectivity index (χ2n) is 5.00. The molecule has 3 atom stereocenters. The zero-order valence-corrected chi connectivity index (χ0v) is 11.9. The average Bonchev–Trinajstić information content (AvgIpc) is 2.84. The minimum atomic E-state index is 0.404. The quantitative estimate of drug-likeness (QED) is 0.884. The molecule has 0 radical (unpaired) electrons. The van der Waals surface area contributed by atoms with Gasteiger partial charge in [0.2, 0.25) is 0 Å². The Bertz CT molecular complexity index is 383. The third-order valence-corrected chi connectivity index (χ3v) is 4.13. The lowest BCUT2D eigenvalue weighted by Crippen LogP contribution is -2.39. The highest BCUT2D eigenvalue weighted by Gasteiger charge is 2.32. The number of likely N-dealkylation sites (N-methyl/N-ethyl adjacent to an activating group) is 1. The molecule has 0 bridgehead atoms. The van der Waals surface area contributed by atoms with Gasteiger partial charge in [0.15, 0.2) is 0 Å². The summed E-state index contributed by atoms with van der Waals surface area (Å²) in [6.45, 7) is 3.10. The molecule has 3 unspecified atom stereocenters. The van der Waals surface area contributed by atoms with Crippen LogP contribution in [0.3, 0.4) is 0 Å². The molecule has 18 heavy (non-hydrogen) atoms. The summed E-state index contributed by atoms with van der Waals surface area (Å²) in [5.74, 6) is 0.610. The predicted molar refractivity (Wildman–Crippen MR) is 76.1 cm³/mol. The van der Waals surface area contributed by atoms with Gasteiger partial charge in [0.05, 0.1) is 6.10 Å². The average molecular weight is 268 g/mol. The molecule has 1 N–H and O–H groups in total. The standard InChI is InChI=1S/C15H22ClNO/c1-3-15-13(7-8-18-15)14(17-2)10-11-5-4-6-12(16)9-11/h4-6,9,13-15,17H,3,7-8,10H2,1-2H3. The molecule has 0 saturated carbocycles. The van der Waals surface area contributed by atoms with E-state index in [1.54, 1.807) is 0 Å². The molecule has 0 amide bonds. The Morgan fingerprint density at radius 1 is 1.50 bits per heavy atom. The van der Waals surface area contributed by atoms with Gasteiger partial charge in [0.25, 0.3) is 0 Å². The highest BCUT2D eigenvalue weighted by atomic mass is 35.5. The van der Waals surface area contributed by atoms with Crippen molar-refractivity contribution in [2.45, 2.75) is 38.3 Å². The van der Waals surface area contributed by atoms with Crippen molar-refractivity contribution in [2.24, 2.45) is 5.92 Å². The van der Waals surface area contributed by atoms with Gasteiger partial charge < -0.3 is 10.1 Å². The summed E-state index contributed by atoms with van der Waals surface area (Å²) in [5, 5.41) is 4.27. The molecule has 1 aromatic rings. The number of halogens is 1. The van der Waals surface area contributed by atoms with Gasteiger partial charge in [-0.1, -0.05) is 30.7 Å². The van der Waals surface area contributed by atoms with Crippen molar-refractivity contribution in [3.63, 3.8) is 0 Å². The molecular weight excluding hydrogens is 246 g/mol. The Morgan fingerprint density at radius 3 is 3.00 bits per heavy atom. The van der Waals surface area contributed by atoms with E-state index in [2.05, 4.69) is 24.4 Å². The number of rotatable bonds is 5. The third kappa shape index (κ3) is 3.25. The van der Waals surface area contributed by atoms with Crippen LogP contribution in [0.1, 0.15) is 25.3 Å². The first-order valence-corrected chi connectivity index (χ1v) is 7.15. The second kappa shape index (κ2) is 6.55. The molecule has 3 heteroatoms. The smallest absolute Gasteiger partial charge is 0.0616 e. The van der Waals surface area contributed by atoms with Crippen molar-refractivity contribution in [3.05, 3.63) is 34.9 Å². The van der Waals surface area contributed by atoms with Crippen molar-refractivity contribution >= 4 is 11.6 Å². The summed E-state index contributed by atoms with van der Waals surface area (Å²) in [7, 11) is 2.04. The minimum Gasteiger partial charge on any atom is -0.378 e. The number of hydrogen-bond donors (Lipinski definition) is 1. The molecule has 2 rings (SSSR count). The van der Waals surface area contributed by atoms with Crippen LogP contribution in [0.5, 0.6) is 0 Å². The Morgan fingerprint density at radius 2 is 2.33 bits per heavy atom. The maximum absolute atomic E-state index is 6.04. The Hall–Kier alpha value is -0.570. The van der Waals surface area contributed by atoms with Gasteiger partial charge >= 0.3 is 0 Å². The van der Waals surface area contributed by atoms with Crippen LogP contribution in [0, 0.1) is 5.92 Å². The third-order valence-electron chi connectivity index (χ3n) is 3.90. The Labute approximate surface area is 115 Å². The zero-order chi connectivity index (χ0) is 13.0. The Balaban J connectivity index is 2.05. The fraction of sp³-hybridized carbons (Fsp3) is 0.600. The van der Waals surface area contributed by atoms with Crippen molar-refractivity contribution in [3.8, 4) is 0 Å². The van der Waals surface area contributed by atoms with Gasteiger partial charge in [-0.3, -0.25) is 0 Å². The molecule has 1 aromatic carbocycles. The summed E-state index contributed by atoms with van der Waals surface area (Å²) in [5.41, 5.74) is 1.30. The highest BCUT2D eigenvalue weighted by Crippen LogP contribution is 2.28. The zero-order valence-electron chi connectivity index (χ0n) is 11.2. The molecule has 1 heterocycles. The summed E-state index contributed by atoms with van der Waals surface area (Å²) in [4.78, 5) is 0. The first kappa shape index (κ1) is 13.9. The van der Waals surface area contributed by atoms with E-state index in [1.807, 2.05) is 19.2 Å². The molecule has 1 saturated heterocycles. The van der Waals surface area contributed by atoms with E-state index in [4.69, 9.17) is 16.3 Å². The van der Waals surface area contributed by atoms with Gasteiger partial charge in [-0.25, -0.2) is 0 Å². The second-order valence-corrected chi connectivity index (χ2v) is 5.44. The molecule has 2 nitrogen and oxygen atoms in total. The van der Waals surface area contributed by atoms with Crippen LogP contribution >= 0.6 is 11.6 Å². The number of nitrogens with one attached hydrogen (secondary N) is 1. The van der Waals surface area contributed by atoms with Gasteiger partial charge in [-0.2, -0.15) is 0 Å². The van der Waals surface area contributed by atoms with Gasteiger partial charge in [0, 0.05) is 23.6 Å². The summed E-state index contributed by atoms with van der Waals surface area (Å²) in [6, 6.07) is 8.62. The van der Waals surface area contributed by atoms with Crippen LogP contribution in [0.2, 0.25) is 5.02 Å². The molecule has 1 fully saturated rings. The molecule has 100 valence electrons. The van der Waals surface area contributed by atoms with Crippen LogP contribution in [0.25, 0.3) is 0 Å².